The van der Waals surface area contributed by atoms with E-state index in [9.17, 15) is 9.18 Å². The molecule has 1 amide bonds. The lowest BCUT2D eigenvalue weighted by molar-refractivity contribution is 0.102. The van der Waals surface area contributed by atoms with E-state index in [2.05, 4.69) is 24.1 Å². The Morgan fingerprint density at radius 2 is 1.79 bits per heavy atom. The molecule has 2 aromatic heterocycles. The molecule has 4 nitrogen and oxygen atoms in total. The summed E-state index contributed by atoms with van der Waals surface area (Å²) in [6.07, 6.45) is 1.88. The SMILES string of the molecule is Cc1c(C(=O)Nc2ccc(C(C)C)cc2)sc2nc(-c3ccc(F)cc3)cn12. The van der Waals surface area contributed by atoms with Gasteiger partial charge in [-0.15, -0.1) is 0 Å². The average molecular weight is 393 g/mol. The van der Waals surface area contributed by atoms with Crippen LogP contribution in [0, 0.1) is 12.7 Å². The molecule has 6 heteroatoms. The molecule has 2 heterocycles. The molecule has 4 aromatic rings. The number of nitrogens with one attached hydrogen (secondary N) is 1. The Hall–Kier alpha value is -2.99. The van der Waals surface area contributed by atoms with Crippen LogP contribution in [0.25, 0.3) is 16.2 Å². The number of nitrogens with zero attached hydrogens (tertiary/aromatic N) is 2. The fraction of sp³-hybridized carbons (Fsp3) is 0.182. The van der Waals surface area contributed by atoms with Crippen molar-refractivity contribution in [1.82, 2.24) is 9.38 Å². The molecular weight excluding hydrogens is 373 g/mol. The van der Waals surface area contributed by atoms with E-state index in [1.165, 1.54) is 29.0 Å². The van der Waals surface area contributed by atoms with Crippen molar-refractivity contribution in [3.8, 4) is 11.3 Å². The number of carbonyl (C=O) groups excluding carboxylic acids is 1. The van der Waals surface area contributed by atoms with Gasteiger partial charge in [0.2, 0.25) is 0 Å². The molecule has 1 N–H and O–H groups in total. The van der Waals surface area contributed by atoms with Crippen LogP contribution in [0.5, 0.6) is 0 Å². The van der Waals surface area contributed by atoms with Crippen molar-refractivity contribution in [2.24, 2.45) is 0 Å². The van der Waals surface area contributed by atoms with Gasteiger partial charge in [0.15, 0.2) is 4.96 Å². The van der Waals surface area contributed by atoms with Crippen LogP contribution in [-0.4, -0.2) is 15.3 Å². The monoisotopic (exact) mass is 393 g/mol. The van der Waals surface area contributed by atoms with Crippen molar-refractivity contribution in [3.63, 3.8) is 0 Å². The Morgan fingerprint density at radius 3 is 2.39 bits per heavy atom. The first-order valence-corrected chi connectivity index (χ1v) is 9.90. The smallest absolute Gasteiger partial charge is 0.267 e. The first-order valence-electron chi connectivity index (χ1n) is 9.08. The lowest BCUT2D eigenvalue weighted by Crippen LogP contribution is -2.11. The molecule has 0 spiro atoms. The highest BCUT2D eigenvalue weighted by Crippen LogP contribution is 2.28. The third-order valence-electron chi connectivity index (χ3n) is 4.74. The average Bonchev–Trinajstić information content (AvgIpc) is 3.22. The van der Waals surface area contributed by atoms with Crippen LogP contribution in [0.15, 0.2) is 54.7 Å². The minimum Gasteiger partial charge on any atom is -0.321 e. The molecule has 142 valence electrons. The second-order valence-electron chi connectivity index (χ2n) is 7.03. The summed E-state index contributed by atoms with van der Waals surface area (Å²) in [7, 11) is 0. The fourth-order valence-electron chi connectivity index (χ4n) is 3.06. The van der Waals surface area contributed by atoms with Crippen LogP contribution in [0.3, 0.4) is 0 Å². The van der Waals surface area contributed by atoms with Crippen molar-refractivity contribution in [2.75, 3.05) is 5.32 Å². The van der Waals surface area contributed by atoms with E-state index < -0.39 is 0 Å². The first-order chi connectivity index (χ1) is 13.4. The number of benzene rings is 2. The first kappa shape index (κ1) is 18.4. The number of aromatic nitrogens is 2. The number of rotatable bonds is 4. The number of amides is 1. The van der Waals surface area contributed by atoms with Gasteiger partial charge in [0.1, 0.15) is 10.7 Å². The molecule has 0 unspecified atom stereocenters. The summed E-state index contributed by atoms with van der Waals surface area (Å²) in [5.41, 5.74) is 4.43. The van der Waals surface area contributed by atoms with Gasteiger partial charge in [-0.25, -0.2) is 9.37 Å². The predicted molar refractivity (Wildman–Crippen MR) is 112 cm³/mol. The molecule has 0 atom stereocenters. The predicted octanol–water partition coefficient (Wildman–Crippen LogP) is 5.89. The number of imidazole rings is 1. The van der Waals surface area contributed by atoms with Gasteiger partial charge in [-0.2, -0.15) is 0 Å². The lowest BCUT2D eigenvalue weighted by Gasteiger charge is -2.08. The number of anilines is 1. The van der Waals surface area contributed by atoms with Gasteiger partial charge in [0.05, 0.1) is 5.69 Å². The van der Waals surface area contributed by atoms with E-state index in [1.807, 2.05) is 41.8 Å². The highest BCUT2D eigenvalue weighted by atomic mass is 32.1. The lowest BCUT2D eigenvalue weighted by atomic mass is 10.0. The number of thiazole rings is 1. The number of halogens is 1. The third kappa shape index (κ3) is 3.43. The molecule has 4 rings (SSSR count). The van der Waals surface area contributed by atoms with Crippen LogP contribution in [0.2, 0.25) is 0 Å². The zero-order valence-corrected chi connectivity index (χ0v) is 16.7. The normalized spacial score (nSPS) is 11.3. The molecule has 0 aliphatic rings. The molecule has 0 bridgehead atoms. The maximum atomic E-state index is 13.1. The van der Waals surface area contributed by atoms with Crippen molar-refractivity contribution in [3.05, 3.63) is 76.7 Å². The summed E-state index contributed by atoms with van der Waals surface area (Å²) in [5.74, 6) is 0.0299. The summed E-state index contributed by atoms with van der Waals surface area (Å²) in [5, 5.41) is 2.96. The number of fused-ring (bicyclic) bond motifs is 1. The number of carbonyl (C=O) groups is 1. The Bertz CT molecular complexity index is 1140. The van der Waals surface area contributed by atoms with Crippen LogP contribution in [-0.2, 0) is 0 Å². The van der Waals surface area contributed by atoms with Crippen molar-refractivity contribution < 1.29 is 9.18 Å². The summed E-state index contributed by atoms with van der Waals surface area (Å²) in [6, 6.07) is 14.1. The van der Waals surface area contributed by atoms with Crippen molar-refractivity contribution in [2.45, 2.75) is 26.7 Å². The Balaban J connectivity index is 1.58. The molecule has 28 heavy (non-hydrogen) atoms. The second-order valence-corrected chi connectivity index (χ2v) is 8.01. The zero-order valence-electron chi connectivity index (χ0n) is 15.9. The van der Waals surface area contributed by atoms with Gasteiger partial charge in [0, 0.05) is 23.1 Å². The Labute approximate surface area is 166 Å². The maximum Gasteiger partial charge on any atom is 0.267 e. The van der Waals surface area contributed by atoms with Gasteiger partial charge in [0.25, 0.3) is 5.91 Å². The largest absolute Gasteiger partial charge is 0.321 e. The number of hydrogen-bond donors (Lipinski definition) is 1. The Morgan fingerprint density at radius 1 is 1.11 bits per heavy atom. The maximum absolute atomic E-state index is 13.1. The van der Waals surface area contributed by atoms with Gasteiger partial charge in [-0.1, -0.05) is 37.3 Å². The molecule has 0 saturated heterocycles. The summed E-state index contributed by atoms with van der Waals surface area (Å²) in [6.45, 7) is 6.17. The molecule has 0 aliphatic heterocycles. The van der Waals surface area contributed by atoms with Crippen LogP contribution in [0.4, 0.5) is 10.1 Å². The molecular formula is C22H20FN3OS. The van der Waals surface area contributed by atoms with E-state index in [0.717, 1.165) is 27.6 Å². The van der Waals surface area contributed by atoms with Gasteiger partial charge in [-0.05, 0) is 54.8 Å². The molecule has 0 radical (unpaired) electrons. The standard InChI is InChI=1S/C22H20FN3OS/c1-13(2)15-6-10-18(11-7-15)24-21(27)20-14(3)26-12-19(25-22(26)28-20)16-4-8-17(23)9-5-16/h4-13H,1-3H3,(H,24,27). The van der Waals surface area contributed by atoms with Gasteiger partial charge in [-0.3, -0.25) is 9.20 Å². The van der Waals surface area contributed by atoms with E-state index in [4.69, 9.17) is 0 Å². The van der Waals surface area contributed by atoms with Crippen molar-refractivity contribution >= 4 is 27.9 Å². The molecule has 2 aromatic carbocycles. The minimum atomic E-state index is -0.277. The van der Waals surface area contributed by atoms with Crippen molar-refractivity contribution in [1.29, 1.82) is 0 Å². The van der Waals surface area contributed by atoms with E-state index in [1.54, 1.807) is 12.1 Å². The second kappa shape index (κ2) is 7.20. The summed E-state index contributed by atoms with van der Waals surface area (Å²) in [4.78, 5) is 18.7. The quantitative estimate of drug-likeness (QED) is 0.470. The highest BCUT2D eigenvalue weighted by molar-refractivity contribution is 7.19. The highest BCUT2D eigenvalue weighted by Gasteiger charge is 2.18. The van der Waals surface area contributed by atoms with Crippen LogP contribution in [0.1, 0.15) is 40.7 Å². The van der Waals surface area contributed by atoms with Gasteiger partial charge < -0.3 is 5.32 Å². The van der Waals surface area contributed by atoms with E-state index in [-0.39, 0.29) is 11.7 Å². The topological polar surface area (TPSA) is 46.4 Å². The zero-order chi connectivity index (χ0) is 19.8. The van der Waals surface area contributed by atoms with Crippen LogP contribution >= 0.6 is 11.3 Å². The minimum absolute atomic E-state index is 0.145. The van der Waals surface area contributed by atoms with E-state index >= 15 is 0 Å². The number of aryl methyl sites for hydroxylation is 1. The fourth-order valence-corrected chi connectivity index (χ4v) is 4.06. The van der Waals surface area contributed by atoms with Gasteiger partial charge >= 0.3 is 0 Å². The number of hydrogen-bond acceptors (Lipinski definition) is 3. The Kier molecular flexibility index (Phi) is 4.73. The molecule has 0 saturated carbocycles. The van der Waals surface area contributed by atoms with E-state index in [0.29, 0.717) is 10.8 Å². The third-order valence-corrected chi connectivity index (χ3v) is 5.89. The summed E-state index contributed by atoms with van der Waals surface area (Å²) < 4.78 is 15.0. The summed E-state index contributed by atoms with van der Waals surface area (Å²) >= 11 is 1.34. The molecule has 0 aliphatic carbocycles. The molecule has 0 fully saturated rings. The van der Waals surface area contributed by atoms with Crippen LogP contribution < -0.4 is 5.32 Å².